The van der Waals surface area contributed by atoms with Crippen molar-refractivity contribution in [2.45, 2.75) is 10.8 Å². The Morgan fingerprint density at radius 1 is 1.12 bits per heavy atom. The molecule has 0 bridgehead atoms. The standard InChI is InChI=1S/C16H13ClN2O3S2/c17-15-7-8-16(23-15)24(20,21)19-12-5-3-6-14(10-12)22-11-13-4-1-2-9-18-13/h1-10,19H,11H2. The molecule has 0 saturated carbocycles. The zero-order valence-electron chi connectivity index (χ0n) is 12.3. The van der Waals surface area contributed by atoms with Crippen LogP contribution in [-0.4, -0.2) is 13.4 Å². The smallest absolute Gasteiger partial charge is 0.271 e. The number of anilines is 1. The van der Waals surface area contributed by atoms with E-state index in [-0.39, 0.29) is 4.21 Å². The molecule has 0 radical (unpaired) electrons. The van der Waals surface area contributed by atoms with Gasteiger partial charge in [0.15, 0.2) is 0 Å². The van der Waals surface area contributed by atoms with Crippen LogP contribution in [0.25, 0.3) is 0 Å². The number of pyridine rings is 1. The van der Waals surface area contributed by atoms with Gasteiger partial charge in [-0.1, -0.05) is 23.7 Å². The minimum Gasteiger partial charge on any atom is -0.487 e. The van der Waals surface area contributed by atoms with Gasteiger partial charge in [0, 0.05) is 12.3 Å². The lowest BCUT2D eigenvalue weighted by molar-refractivity contribution is 0.301. The first-order valence-corrected chi connectivity index (χ1v) is 9.62. The van der Waals surface area contributed by atoms with Gasteiger partial charge in [-0.2, -0.15) is 0 Å². The largest absolute Gasteiger partial charge is 0.487 e. The first-order chi connectivity index (χ1) is 11.5. The number of rotatable bonds is 6. The highest BCUT2D eigenvalue weighted by molar-refractivity contribution is 7.94. The Morgan fingerprint density at radius 3 is 2.71 bits per heavy atom. The van der Waals surface area contributed by atoms with Crippen LogP contribution in [-0.2, 0) is 16.6 Å². The first kappa shape index (κ1) is 16.8. The number of sulfonamides is 1. The average molecular weight is 381 g/mol. The van der Waals surface area contributed by atoms with E-state index in [9.17, 15) is 8.42 Å². The van der Waals surface area contributed by atoms with Crippen LogP contribution in [0.5, 0.6) is 5.75 Å². The third-order valence-corrected chi connectivity index (χ3v) is 6.12. The third kappa shape index (κ3) is 4.25. The van der Waals surface area contributed by atoms with E-state index < -0.39 is 10.0 Å². The van der Waals surface area contributed by atoms with Gasteiger partial charge < -0.3 is 4.74 Å². The number of nitrogens with one attached hydrogen (secondary N) is 1. The molecular formula is C16H13ClN2O3S2. The van der Waals surface area contributed by atoms with Crippen LogP contribution in [0.4, 0.5) is 5.69 Å². The summed E-state index contributed by atoms with van der Waals surface area (Å²) in [5.74, 6) is 0.546. The summed E-state index contributed by atoms with van der Waals surface area (Å²) >= 11 is 6.80. The molecule has 0 fully saturated rings. The fraction of sp³-hybridized carbons (Fsp3) is 0.0625. The van der Waals surface area contributed by atoms with Crippen molar-refractivity contribution >= 4 is 38.6 Å². The van der Waals surface area contributed by atoms with Crippen LogP contribution in [0.2, 0.25) is 4.34 Å². The molecule has 0 amide bonds. The molecule has 24 heavy (non-hydrogen) atoms. The van der Waals surface area contributed by atoms with Crippen molar-refractivity contribution in [3.05, 3.63) is 70.8 Å². The number of halogens is 1. The summed E-state index contributed by atoms with van der Waals surface area (Å²) < 4.78 is 33.3. The van der Waals surface area contributed by atoms with Gasteiger partial charge in [-0.15, -0.1) is 11.3 Å². The maximum Gasteiger partial charge on any atom is 0.271 e. The number of nitrogens with zero attached hydrogens (tertiary/aromatic N) is 1. The monoisotopic (exact) mass is 380 g/mol. The first-order valence-electron chi connectivity index (χ1n) is 6.94. The normalized spacial score (nSPS) is 11.2. The number of ether oxygens (including phenoxy) is 1. The molecule has 3 aromatic rings. The number of thiophene rings is 1. The van der Waals surface area contributed by atoms with E-state index in [0.717, 1.165) is 17.0 Å². The molecule has 2 aromatic heterocycles. The lowest BCUT2D eigenvalue weighted by Crippen LogP contribution is -2.11. The van der Waals surface area contributed by atoms with Crippen LogP contribution in [0.3, 0.4) is 0 Å². The van der Waals surface area contributed by atoms with E-state index in [0.29, 0.717) is 22.4 Å². The Kier molecular flexibility index (Phi) is 5.03. The number of hydrogen-bond donors (Lipinski definition) is 1. The SMILES string of the molecule is O=S(=O)(Nc1cccc(OCc2ccccn2)c1)c1ccc(Cl)s1. The van der Waals surface area contributed by atoms with Crippen molar-refractivity contribution in [1.29, 1.82) is 0 Å². The van der Waals surface area contributed by atoms with Gasteiger partial charge >= 0.3 is 0 Å². The van der Waals surface area contributed by atoms with Crippen LogP contribution in [0.1, 0.15) is 5.69 Å². The maximum atomic E-state index is 12.3. The van der Waals surface area contributed by atoms with Crippen LogP contribution >= 0.6 is 22.9 Å². The minimum absolute atomic E-state index is 0.160. The topological polar surface area (TPSA) is 68.3 Å². The van der Waals surface area contributed by atoms with E-state index in [2.05, 4.69) is 9.71 Å². The molecule has 0 unspecified atom stereocenters. The zero-order valence-corrected chi connectivity index (χ0v) is 14.7. The molecule has 1 aromatic carbocycles. The molecule has 1 N–H and O–H groups in total. The Bertz CT molecular complexity index is 927. The Morgan fingerprint density at radius 2 is 2.00 bits per heavy atom. The highest BCUT2D eigenvalue weighted by Gasteiger charge is 2.16. The van der Waals surface area contributed by atoms with Crippen LogP contribution in [0.15, 0.2) is 65.0 Å². The average Bonchev–Trinajstić information content (AvgIpc) is 3.01. The fourth-order valence-electron chi connectivity index (χ4n) is 1.94. The molecule has 5 nitrogen and oxygen atoms in total. The summed E-state index contributed by atoms with van der Waals surface area (Å²) in [5.41, 5.74) is 1.20. The quantitative estimate of drug-likeness (QED) is 0.696. The highest BCUT2D eigenvalue weighted by atomic mass is 35.5. The van der Waals surface area contributed by atoms with Gasteiger partial charge in [-0.05, 0) is 36.4 Å². The van der Waals surface area contributed by atoms with Crippen LogP contribution < -0.4 is 9.46 Å². The minimum atomic E-state index is -3.66. The number of aromatic nitrogens is 1. The second kappa shape index (κ2) is 7.21. The van der Waals surface area contributed by atoms with E-state index in [1.807, 2.05) is 18.2 Å². The molecular weight excluding hydrogens is 368 g/mol. The maximum absolute atomic E-state index is 12.3. The van der Waals surface area contributed by atoms with Crippen molar-refractivity contribution in [3.63, 3.8) is 0 Å². The van der Waals surface area contributed by atoms with E-state index in [4.69, 9.17) is 16.3 Å². The van der Waals surface area contributed by atoms with Crippen LogP contribution in [0, 0.1) is 0 Å². The molecule has 124 valence electrons. The Balaban J connectivity index is 1.71. The molecule has 0 aliphatic carbocycles. The number of hydrogen-bond acceptors (Lipinski definition) is 5. The Labute approximate surface area is 148 Å². The molecule has 0 aliphatic heterocycles. The lowest BCUT2D eigenvalue weighted by atomic mass is 10.3. The van der Waals surface area contributed by atoms with Gasteiger partial charge in [0.1, 0.15) is 16.6 Å². The number of benzene rings is 1. The zero-order chi connectivity index (χ0) is 17.0. The predicted molar refractivity (Wildman–Crippen MR) is 95.1 cm³/mol. The summed E-state index contributed by atoms with van der Waals surface area (Å²) in [6.07, 6.45) is 1.69. The van der Waals surface area contributed by atoms with Crippen molar-refractivity contribution in [3.8, 4) is 5.75 Å². The van der Waals surface area contributed by atoms with Gasteiger partial charge in [-0.3, -0.25) is 9.71 Å². The summed E-state index contributed by atoms with van der Waals surface area (Å²) in [6.45, 7) is 0.303. The molecule has 0 aliphatic rings. The summed E-state index contributed by atoms with van der Waals surface area (Å²) in [6, 6.07) is 15.3. The fourth-order valence-corrected chi connectivity index (χ4v) is 4.47. The predicted octanol–water partition coefficient (Wildman–Crippen LogP) is 4.18. The van der Waals surface area contributed by atoms with Gasteiger partial charge in [0.05, 0.1) is 15.7 Å². The van der Waals surface area contributed by atoms with E-state index in [1.165, 1.54) is 6.07 Å². The van der Waals surface area contributed by atoms with Crippen molar-refractivity contribution in [1.82, 2.24) is 4.98 Å². The van der Waals surface area contributed by atoms with Gasteiger partial charge in [-0.25, -0.2) is 8.42 Å². The third-order valence-electron chi connectivity index (χ3n) is 3.01. The molecule has 8 heteroatoms. The molecule has 0 saturated heterocycles. The highest BCUT2D eigenvalue weighted by Crippen LogP contribution is 2.28. The van der Waals surface area contributed by atoms with Crippen molar-refractivity contribution in [2.75, 3.05) is 4.72 Å². The molecule has 0 atom stereocenters. The van der Waals surface area contributed by atoms with Gasteiger partial charge in [0.25, 0.3) is 10.0 Å². The second-order valence-electron chi connectivity index (χ2n) is 4.80. The second-order valence-corrected chi connectivity index (χ2v) is 8.43. The Hall–Kier alpha value is -2.09. The van der Waals surface area contributed by atoms with Gasteiger partial charge in [0.2, 0.25) is 0 Å². The molecule has 2 heterocycles. The summed E-state index contributed by atoms with van der Waals surface area (Å²) in [5, 5.41) is 0. The summed E-state index contributed by atoms with van der Waals surface area (Å²) in [4.78, 5) is 4.17. The van der Waals surface area contributed by atoms with E-state index >= 15 is 0 Å². The van der Waals surface area contributed by atoms with Crippen molar-refractivity contribution < 1.29 is 13.2 Å². The lowest BCUT2D eigenvalue weighted by Gasteiger charge is -2.09. The summed E-state index contributed by atoms with van der Waals surface area (Å²) in [7, 11) is -3.66. The van der Waals surface area contributed by atoms with E-state index in [1.54, 1.807) is 36.5 Å². The van der Waals surface area contributed by atoms with Crippen molar-refractivity contribution in [2.24, 2.45) is 0 Å². The molecule has 0 spiro atoms. The molecule has 3 rings (SSSR count).